The third-order valence-electron chi connectivity index (χ3n) is 8.93. The van der Waals surface area contributed by atoms with Crippen LogP contribution in [0.1, 0.15) is 60.6 Å². The molecule has 6 heteroatoms. The minimum Gasteiger partial charge on any atom is -0.330 e. The quantitative estimate of drug-likeness (QED) is 0.493. The lowest BCUT2D eigenvalue weighted by atomic mass is 9.49. The first-order chi connectivity index (χ1) is 17.0. The number of rotatable bonds is 6. The summed E-state index contributed by atoms with van der Waals surface area (Å²) in [5.41, 5.74) is 1.74. The smallest absolute Gasteiger partial charge is 0.243 e. The zero-order valence-corrected chi connectivity index (χ0v) is 20.9. The zero-order valence-electron chi connectivity index (χ0n) is 20.1. The summed E-state index contributed by atoms with van der Waals surface area (Å²) >= 11 is 1.71. The molecule has 4 fully saturated rings. The topological polar surface area (TPSA) is 40.6 Å². The minimum atomic E-state index is -0.286. The van der Waals surface area contributed by atoms with Gasteiger partial charge in [0.15, 0.2) is 0 Å². The van der Waals surface area contributed by atoms with Gasteiger partial charge >= 0.3 is 0 Å². The van der Waals surface area contributed by atoms with Crippen LogP contribution in [0.3, 0.4) is 0 Å². The highest BCUT2D eigenvalue weighted by molar-refractivity contribution is 7.10. The van der Waals surface area contributed by atoms with Gasteiger partial charge in [0.05, 0.1) is 11.5 Å². The van der Waals surface area contributed by atoms with Crippen LogP contribution >= 0.6 is 11.3 Å². The summed E-state index contributed by atoms with van der Waals surface area (Å²) in [4.78, 5) is 32.8. The van der Waals surface area contributed by atoms with E-state index in [9.17, 15) is 14.0 Å². The van der Waals surface area contributed by atoms with E-state index in [-0.39, 0.29) is 35.6 Å². The fourth-order valence-electron chi connectivity index (χ4n) is 7.93. The van der Waals surface area contributed by atoms with E-state index in [4.69, 9.17) is 0 Å². The third kappa shape index (κ3) is 4.04. The van der Waals surface area contributed by atoms with Gasteiger partial charge in [-0.05, 0) is 97.4 Å². The fourth-order valence-corrected chi connectivity index (χ4v) is 8.83. The first kappa shape index (κ1) is 23.0. The predicted molar refractivity (Wildman–Crippen MR) is 135 cm³/mol. The maximum Gasteiger partial charge on any atom is 0.243 e. The van der Waals surface area contributed by atoms with Crippen molar-refractivity contribution < 1.29 is 14.0 Å². The molecule has 4 nitrogen and oxygen atoms in total. The lowest BCUT2D eigenvalue weighted by Crippen LogP contribution is -2.56. The molecule has 0 radical (unpaired) electrons. The molecule has 4 aliphatic carbocycles. The Hall–Kier alpha value is -2.47. The Morgan fingerprint density at radius 2 is 1.74 bits per heavy atom. The highest BCUT2D eigenvalue weighted by atomic mass is 32.1. The number of carbonyl (C=O) groups excluding carboxylic acids is 2. The largest absolute Gasteiger partial charge is 0.330 e. The zero-order chi connectivity index (χ0) is 24.2. The van der Waals surface area contributed by atoms with Gasteiger partial charge in [-0.25, -0.2) is 4.39 Å². The fraction of sp³-hybridized carbons (Fsp3) is 0.517. The standard InChI is InChI=1S/C29H33FN2O2S/c1-2-9-31(28(34)29-15-19-12-20(16-29)14-21(13-19)17-29)18-26(33)32-10-7-25-24(8-11-35-25)27(32)22-3-5-23(30)6-4-22/h2-6,8,11,19-21,27H,1,7,9-10,12-18H2. The number of thiophene rings is 1. The Bertz CT molecular complexity index is 1100. The average molecular weight is 493 g/mol. The van der Waals surface area contributed by atoms with Crippen molar-refractivity contribution in [3.05, 3.63) is 70.2 Å². The predicted octanol–water partition coefficient (Wildman–Crippen LogP) is 5.59. The van der Waals surface area contributed by atoms with Crippen LogP contribution in [-0.4, -0.2) is 41.2 Å². The van der Waals surface area contributed by atoms with Crippen LogP contribution in [-0.2, 0) is 16.0 Å². The van der Waals surface area contributed by atoms with Crippen LogP contribution < -0.4 is 0 Å². The number of amides is 2. The molecule has 184 valence electrons. The number of hydrogen-bond acceptors (Lipinski definition) is 3. The number of fused-ring (bicyclic) bond motifs is 1. The van der Waals surface area contributed by atoms with Crippen LogP contribution in [0.25, 0.3) is 0 Å². The molecule has 1 unspecified atom stereocenters. The Kier molecular flexibility index (Phi) is 5.82. The summed E-state index contributed by atoms with van der Waals surface area (Å²) in [6, 6.07) is 8.29. The van der Waals surface area contributed by atoms with Crippen LogP contribution in [0.2, 0.25) is 0 Å². The summed E-state index contributed by atoms with van der Waals surface area (Å²) < 4.78 is 13.7. The van der Waals surface area contributed by atoms with Crippen molar-refractivity contribution in [2.75, 3.05) is 19.6 Å². The second-order valence-corrected chi connectivity index (χ2v) is 12.3. The van der Waals surface area contributed by atoms with Crippen LogP contribution in [0.15, 0.2) is 48.4 Å². The summed E-state index contributed by atoms with van der Waals surface area (Å²) in [5, 5.41) is 2.07. The maximum atomic E-state index is 14.0. The summed E-state index contributed by atoms with van der Waals surface area (Å²) in [7, 11) is 0. The Balaban J connectivity index is 1.26. The number of benzene rings is 1. The number of carbonyl (C=O) groups is 2. The van der Waals surface area contributed by atoms with E-state index in [1.54, 1.807) is 34.4 Å². The SMILES string of the molecule is C=CCN(CC(=O)N1CCc2sccc2C1c1ccc(F)cc1)C(=O)C12CC3CC(CC(C3)C1)C2. The van der Waals surface area contributed by atoms with Gasteiger partial charge in [0.2, 0.25) is 11.8 Å². The maximum absolute atomic E-state index is 14.0. The van der Waals surface area contributed by atoms with Crippen molar-refractivity contribution in [1.82, 2.24) is 9.80 Å². The molecule has 5 aliphatic rings. The van der Waals surface area contributed by atoms with E-state index < -0.39 is 0 Å². The molecule has 1 aromatic carbocycles. The molecule has 2 amide bonds. The van der Waals surface area contributed by atoms with Crippen LogP contribution in [0.5, 0.6) is 0 Å². The number of hydrogen-bond donors (Lipinski definition) is 0. The summed E-state index contributed by atoms with van der Waals surface area (Å²) in [6.45, 7) is 4.96. The second-order valence-electron chi connectivity index (χ2n) is 11.3. The second kappa shape index (κ2) is 8.88. The molecule has 2 aromatic rings. The molecule has 0 N–H and O–H groups in total. The highest BCUT2D eigenvalue weighted by Gasteiger charge is 2.55. The number of halogens is 1. The van der Waals surface area contributed by atoms with Crippen molar-refractivity contribution in [2.45, 2.75) is 51.0 Å². The average Bonchev–Trinajstić information content (AvgIpc) is 3.31. The molecule has 0 spiro atoms. The first-order valence-corrected chi connectivity index (χ1v) is 13.9. The molecule has 1 aliphatic heterocycles. The third-order valence-corrected chi connectivity index (χ3v) is 9.92. The Labute approximate surface area is 210 Å². The van der Waals surface area contributed by atoms with Gasteiger partial charge in [0, 0.05) is 18.0 Å². The van der Waals surface area contributed by atoms with E-state index in [0.717, 1.165) is 36.8 Å². The van der Waals surface area contributed by atoms with E-state index >= 15 is 0 Å². The van der Waals surface area contributed by atoms with E-state index in [0.29, 0.717) is 30.8 Å². The molecule has 35 heavy (non-hydrogen) atoms. The molecule has 7 rings (SSSR count). The Morgan fingerprint density at radius 3 is 2.37 bits per heavy atom. The van der Waals surface area contributed by atoms with E-state index in [2.05, 4.69) is 18.0 Å². The number of nitrogens with zero attached hydrogens (tertiary/aromatic N) is 2. The van der Waals surface area contributed by atoms with Gasteiger partial charge in [0.25, 0.3) is 0 Å². The highest BCUT2D eigenvalue weighted by Crippen LogP contribution is 2.60. The van der Waals surface area contributed by atoms with Crippen LogP contribution in [0.4, 0.5) is 4.39 Å². The Morgan fingerprint density at radius 1 is 1.09 bits per heavy atom. The lowest BCUT2D eigenvalue weighted by molar-refractivity contribution is -0.160. The van der Waals surface area contributed by atoms with Gasteiger partial charge in [-0.1, -0.05) is 18.2 Å². The van der Waals surface area contributed by atoms with Gasteiger partial charge in [-0.15, -0.1) is 17.9 Å². The molecule has 1 aromatic heterocycles. The van der Waals surface area contributed by atoms with Gasteiger partial charge in [0.1, 0.15) is 12.4 Å². The van der Waals surface area contributed by atoms with E-state index in [1.807, 2.05) is 4.90 Å². The molecule has 1 atom stereocenters. The summed E-state index contributed by atoms with van der Waals surface area (Å²) in [6.07, 6.45) is 9.35. The van der Waals surface area contributed by atoms with Crippen molar-refractivity contribution in [1.29, 1.82) is 0 Å². The van der Waals surface area contributed by atoms with Crippen LogP contribution in [0, 0.1) is 29.0 Å². The lowest BCUT2D eigenvalue weighted by Gasteiger charge is -2.56. The van der Waals surface area contributed by atoms with Gasteiger partial charge in [-0.3, -0.25) is 9.59 Å². The first-order valence-electron chi connectivity index (χ1n) is 13.0. The normalized spacial score (nSPS) is 30.7. The molecule has 2 heterocycles. The molecular formula is C29H33FN2O2S. The molecule has 0 saturated heterocycles. The van der Waals surface area contributed by atoms with Gasteiger partial charge in [-0.2, -0.15) is 0 Å². The van der Waals surface area contributed by atoms with Gasteiger partial charge < -0.3 is 9.80 Å². The molecule has 4 bridgehead atoms. The molecular weight excluding hydrogens is 459 g/mol. The monoisotopic (exact) mass is 492 g/mol. The molecule has 4 saturated carbocycles. The van der Waals surface area contributed by atoms with Crippen molar-refractivity contribution in [2.24, 2.45) is 23.2 Å². The van der Waals surface area contributed by atoms with Crippen molar-refractivity contribution in [3.63, 3.8) is 0 Å². The minimum absolute atomic E-state index is 0.0453. The van der Waals surface area contributed by atoms with E-state index in [1.165, 1.54) is 36.3 Å². The van der Waals surface area contributed by atoms with Crippen molar-refractivity contribution >= 4 is 23.2 Å². The summed E-state index contributed by atoms with van der Waals surface area (Å²) in [5.74, 6) is 1.86. The van der Waals surface area contributed by atoms with Crippen molar-refractivity contribution in [3.8, 4) is 0 Å².